The number of aliphatic hydroxyl groups is 2. The number of ether oxygens (including phenoxy) is 5. The van der Waals surface area contributed by atoms with E-state index in [1.165, 1.54) is 7.11 Å². The maximum absolute atomic E-state index is 14.7. The molecule has 302 valence electrons. The Morgan fingerprint density at radius 1 is 1.04 bits per heavy atom. The maximum Gasteiger partial charge on any atom is 0.412 e. The molecule has 0 aromatic heterocycles. The van der Waals surface area contributed by atoms with Gasteiger partial charge < -0.3 is 49.0 Å². The molecule has 0 spiro atoms. The van der Waals surface area contributed by atoms with E-state index in [2.05, 4.69) is 23.1 Å². The molecule has 2 saturated carbocycles. The number of carbonyl (C=O) groups excluding carboxylic acids is 2. The molecule has 7 rings (SSSR count). The van der Waals surface area contributed by atoms with E-state index in [4.69, 9.17) is 28.5 Å². The molecule has 0 bridgehead atoms. The van der Waals surface area contributed by atoms with Crippen LogP contribution in [0.1, 0.15) is 81.8 Å². The second-order valence-corrected chi connectivity index (χ2v) is 15.3. The first-order valence-corrected chi connectivity index (χ1v) is 20.1. The number of hydrogen-bond acceptors (Lipinski definition) is 11. The molecule has 2 aromatic carbocycles. The molecule has 13 heteroatoms. The summed E-state index contributed by atoms with van der Waals surface area (Å²) in [5.74, 6) is 0.167. The number of nitrogens with zero attached hydrogens (tertiary/aromatic N) is 2. The molecule has 3 aliphatic carbocycles. The molecular formula is C43H55N3O10. The van der Waals surface area contributed by atoms with Crippen molar-refractivity contribution in [2.45, 2.75) is 89.0 Å². The lowest BCUT2D eigenvalue weighted by molar-refractivity contribution is -0.258. The van der Waals surface area contributed by atoms with Crippen LogP contribution in [0.2, 0.25) is 0 Å². The molecule has 3 N–H and O–H groups in total. The number of benzene rings is 2. The highest BCUT2D eigenvalue weighted by molar-refractivity contribution is 6.03. The van der Waals surface area contributed by atoms with Gasteiger partial charge in [-0.05, 0) is 98.8 Å². The van der Waals surface area contributed by atoms with E-state index in [9.17, 15) is 19.8 Å². The fourth-order valence-electron chi connectivity index (χ4n) is 9.25. The first-order chi connectivity index (χ1) is 27.3. The molecule has 2 amide bonds. The van der Waals surface area contributed by atoms with Crippen LogP contribution in [-0.4, -0.2) is 84.9 Å². The van der Waals surface area contributed by atoms with Crippen molar-refractivity contribution in [2.75, 3.05) is 40.3 Å². The molecule has 5 aliphatic rings. The summed E-state index contributed by atoms with van der Waals surface area (Å²) in [5, 5.41) is 27.1. The van der Waals surface area contributed by atoms with E-state index in [1.807, 2.05) is 42.2 Å². The Morgan fingerprint density at radius 3 is 2.54 bits per heavy atom. The van der Waals surface area contributed by atoms with Crippen molar-refractivity contribution in [1.82, 2.24) is 10.2 Å². The van der Waals surface area contributed by atoms with Crippen LogP contribution >= 0.6 is 0 Å². The lowest BCUT2D eigenvalue weighted by atomic mass is 9.55. The monoisotopic (exact) mass is 773 g/mol. The van der Waals surface area contributed by atoms with Crippen LogP contribution in [0, 0.1) is 23.7 Å². The molecule has 2 aromatic rings. The second-order valence-electron chi connectivity index (χ2n) is 15.3. The minimum atomic E-state index is -1.39. The van der Waals surface area contributed by atoms with E-state index in [0.717, 1.165) is 55.2 Å². The fourth-order valence-corrected chi connectivity index (χ4v) is 9.25. The first kappa shape index (κ1) is 39.6. The summed E-state index contributed by atoms with van der Waals surface area (Å²) in [5.41, 5.74) is 3.40. The van der Waals surface area contributed by atoms with Crippen molar-refractivity contribution < 1.29 is 48.3 Å². The average Bonchev–Trinajstić information content (AvgIpc) is 3.95. The quantitative estimate of drug-likeness (QED) is 0.0902. The molecule has 2 heterocycles. The number of carbonyl (C=O) groups is 2. The molecule has 13 nitrogen and oxygen atoms in total. The highest BCUT2D eigenvalue weighted by Crippen LogP contribution is 2.62. The van der Waals surface area contributed by atoms with Gasteiger partial charge in [0.15, 0.2) is 11.5 Å². The Hall–Kier alpha value is -4.59. The van der Waals surface area contributed by atoms with Crippen molar-refractivity contribution >= 4 is 17.7 Å². The molecule has 6 unspecified atom stereocenters. The summed E-state index contributed by atoms with van der Waals surface area (Å²) < 4.78 is 31.4. The predicted molar refractivity (Wildman–Crippen MR) is 208 cm³/mol. The number of amides is 2. The number of nitrogens with one attached hydrogen (secondary N) is 1. The zero-order chi connectivity index (χ0) is 39.2. The van der Waals surface area contributed by atoms with E-state index >= 15 is 0 Å². The van der Waals surface area contributed by atoms with Gasteiger partial charge in [-0.25, -0.2) is 4.79 Å². The normalized spacial score (nSPS) is 26.3. The van der Waals surface area contributed by atoms with E-state index in [-0.39, 0.29) is 62.7 Å². The molecule has 2 aliphatic heterocycles. The Balaban J connectivity index is 1.42. The molecule has 0 radical (unpaired) electrons. The third-order valence-corrected chi connectivity index (χ3v) is 11.8. The van der Waals surface area contributed by atoms with Crippen molar-refractivity contribution in [1.29, 1.82) is 0 Å². The SMILES string of the molecule is C=CCOC12Oc3ccc(OC(=O)NCC)cc3C3C(CCCCO)C(CCCCO)C=C(C(=NOC)CC1N(Cc1ccc4c(c1)OCO4)C(=O)C1CC1)C32. The number of unbranched alkanes of at least 4 members (excludes halogenated alkanes) is 2. The van der Waals surface area contributed by atoms with E-state index in [1.54, 1.807) is 12.1 Å². The number of oxime groups is 1. The lowest BCUT2D eigenvalue weighted by Crippen LogP contribution is -2.70. The summed E-state index contributed by atoms with van der Waals surface area (Å²) in [6, 6.07) is 10.6. The summed E-state index contributed by atoms with van der Waals surface area (Å²) in [4.78, 5) is 34.8. The van der Waals surface area contributed by atoms with Gasteiger partial charge in [0, 0.05) is 50.1 Å². The highest BCUT2D eigenvalue weighted by atomic mass is 16.7. The zero-order valence-corrected chi connectivity index (χ0v) is 32.5. The maximum atomic E-state index is 14.7. The Morgan fingerprint density at radius 2 is 1.80 bits per heavy atom. The van der Waals surface area contributed by atoms with Crippen LogP contribution < -0.4 is 24.3 Å². The largest absolute Gasteiger partial charge is 0.459 e. The second kappa shape index (κ2) is 17.7. The van der Waals surface area contributed by atoms with Crippen molar-refractivity contribution in [3.8, 4) is 23.0 Å². The number of allylic oxidation sites excluding steroid dienone is 1. The van der Waals surface area contributed by atoms with Gasteiger partial charge in [0.2, 0.25) is 18.5 Å². The summed E-state index contributed by atoms with van der Waals surface area (Å²) in [6.45, 7) is 7.02. The predicted octanol–water partition coefficient (Wildman–Crippen LogP) is 6.23. The summed E-state index contributed by atoms with van der Waals surface area (Å²) >= 11 is 0. The van der Waals surface area contributed by atoms with Crippen LogP contribution in [0.25, 0.3) is 0 Å². The van der Waals surface area contributed by atoms with Gasteiger partial charge in [-0.3, -0.25) is 4.79 Å². The Labute approximate surface area is 328 Å². The van der Waals surface area contributed by atoms with Crippen LogP contribution in [0.3, 0.4) is 0 Å². The lowest BCUT2D eigenvalue weighted by Gasteiger charge is -2.60. The minimum Gasteiger partial charge on any atom is -0.459 e. The summed E-state index contributed by atoms with van der Waals surface area (Å²) in [7, 11) is 1.53. The van der Waals surface area contributed by atoms with Gasteiger partial charge in [-0.2, -0.15) is 0 Å². The van der Waals surface area contributed by atoms with Gasteiger partial charge in [0.25, 0.3) is 0 Å². The van der Waals surface area contributed by atoms with E-state index < -0.39 is 23.8 Å². The van der Waals surface area contributed by atoms with Gasteiger partial charge in [0.1, 0.15) is 24.7 Å². The first-order valence-electron chi connectivity index (χ1n) is 20.1. The third-order valence-electron chi connectivity index (χ3n) is 11.8. The van der Waals surface area contributed by atoms with Gasteiger partial charge in [-0.15, -0.1) is 6.58 Å². The van der Waals surface area contributed by atoms with Crippen LogP contribution in [0.15, 0.2) is 65.9 Å². The van der Waals surface area contributed by atoms with Crippen molar-refractivity contribution in [3.05, 3.63) is 71.8 Å². The molecule has 2 fully saturated rings. The summed E-state index contributed by atoms with van der Waals surface area (Å²) in [6.07, 6.45) is 9.90. The average molecular weight is 774 g/mol. The fraction of sp³-hybridized carbons (Fsp3) is 0.558. The zero-order valence-electron chi connectivity index (χ0n) is 32.5. The molecule has 0 saturated heterocycles. The molecular weight excluding hydrogens is 718 g/mol. The third kappa shape index (κ3) is 7.99. The number of rotatable bonds is 18. The van der Waals surface area contributed by atoms with Crippen LogP contribution in [0.4, 0.5) is 4.79 Å². The Bertz CT molecular complexity index is 1810. The minimum absolute atomic E-state index is 0.0206. The number of aliphatic hydroxyl groups excluding tert-OH is 2. The smallest absolute Gasteiger partial charge is 0.412 e. The van der Waals surface area contributed by atoms with Gasteiger partial charge in [-0.1, -0.05) is 36.2 Å². The van der Waals surface area contributed by atoms with E-state index in [0.29, 0.717) is 54.5 Å². The van der Waals surface area contributed by atoms with Gasteiger partial charge >= 0.3 is 6.09 Å². The van der Waals surface area contributed by atoms with Gasteiger partial charge in [0.05, 0.1) is 18.2 Å². The molecule has 6 atom stereocenters. The van der Waals surface area contributed by atoms with Crippen LogP contribution in [-0.2, 0) is 20.9 Å². The molecule has 56 heavy (non-hydrogen) atoms. The van der Waals surface area contributed by atoms with Crippen molar-refractivity contribution in [3.63, 3.8) is 0 Å². The highest BCUT2D eigenvalue weighted by Gasteiger charge is 2.66. The van der Waals surface area contributed by atoms with Crippen LogP contribution in [0.5, 0.6) is 23.0 Å². The topological polar surface area (TPSA) is 158 Å². The van der Waals surface area contributed by atoms with Crippen molar-refractivity contribution in [2.24, 2.45) is 28.8 Å². The number of hydrogen-bond donors (Lipinski definition) is 3. The Kier molecular flexibility index (Phi) is 12.5. The standard InChI is InChI=1S/C43H55N3O10/c1-4-20-54-43-38(46(41(49)28-13-14-28)25-27-12-16-36-37(21-27)53-26-52-36)24-34(45-51-3)32-22-29(10-6-8-18-47)31(11-7-9-19-48)39(40(32)43)33-23-30(15-17-35(33)56-43)55-42(50)44-5-2/h4,12,15-17,21-23,28-29,31,38-40,47-48H,1,5-11,13-14,18-20,24-26H2,2-3H3,(H,44,50). The number of fused-ring (bicyclic) bond motifs is 3.